The van der Waals surface area contributed by atoms with E-state index in [-0.39, 0.29) is 43.4 Å². The van der Waals surface area contributed by atoms with Gasteiger partial charge < -0.3 is 20.1 Å². The molecule has 7 nitrogen and oxygen atoms in total. The minimum Gasteiger partial charge on any atom is -0.481 e. The molecule has 0 saturated carbocycles. The zero-order valence-electron chi connectivity index (χ0n) is 19.9. The average molecular weight is 465 g/mol. The molecular weight excluding hydrogens is 432 g/mol. The molecule has 1 aliphatic carbocycles. The minimum atomic E-state index is -0.947. The van der Waals surface area contributed by atoms with Crippen LogP contribution in [0.2, 0.25) is 0 Å². The Hall–Kier alpha value is -3.35. The van der Waals surface area contributed by atoms with Gasteiger partial charge in [0.1, 0.15) is 6.61 Å². The molecular formula is C27H32N2O5. The van der Waals surface area contributed by atoms with Crippen molar-refractivity contribution in [3.8, 4) is 11.1 Å². The fourth-order valence-electron chi connectivity index (χ4n) is 5.06. The maximum Gasteiger partial charge on any atom is 0.407 e. The second-order valence-electron chi connectivity index (χ2n) is 9.68. The van der Waals surface area contributed by atoms with Gasteiger partial charge in [-0.2, -0.15) is 0 Å². The minimum absolute atomic E-state index is 0.0281. The molecule has 7 heteroatoms. The summed E-state index contributed by atoms with van der Waals surface area (Å²) in [6, 6.07) is 15.9. The molecule has 1 aliphatic heterocycles. The summed E-state index contributed by atoms with van der Waals surface area (Å²) in [6.07, 6.45) is 0.130. The number of nitrogens with one attached hydrogen (secondary N) is 1. The summed E-state index contributed by atoms with van der Waals surface area (Å²) in [4.78, 5) is 38.7. The molecule has 1 saturated heterocycles. The van der Waals surface area contributed by atoms with E-state index in [1.54, 1.807) is 11.8 Å². The van der Waals surface area contributed by atoms with Crippen molar-refractivity contribution in [1.82, 2.24) is 10.2 Å². The highest BCUT2D eigenvalue weighted by molar-refractivity contribution is 5.82. The van der Waals surface area contributed by atoms with E-state index in [1.807, 2.05) is 38.1 Å². The number of benzene rings is 2. The number of likely N-dealkylation sites (tertiary alicyclic amines) is 1. The average Bonchev–Trinajstić information content (AvgIpc) is 3.32. The molecule has 1 heterocycles. The topological polar surface area (TPSA) is 95.9 Å². The summed E-state index contributed by atoms with van der Waals surface area (Å²) >= 11 is 0. The van der Waals surface area contributed by atoms with Gasteiger partial charge in [0.2, 0.25) is 5.91 Å². The SMILES string of the molecule is CC[C@H](CC(=O)N1C[C@H](C)[C@@](C)(C(=O)O)C1)NC(=O)OCC1c2ccccc2-c2ccccc21. The van der Waals surface area contributed by atoms with Gasteiger partial charge in [0.05, 0.1) is 5.41 Å². The molecule has 2 aromatic rings. The molecule has 0 radical (unpaired) electrons. The van der Waals surface area contributed by atoms with Crippen LogP contribution in [-0.2, 0) is 14.3 Å². The molecule has 1 fully saturated rings. The van der Waals surface area contributed by atoms with Gasteiger partial charge in [-0.25, -0.2) is 4.79 Å². The maximum absolute atomic E-state index is 12.8. The van der Waals surface area contributed by atoms with Crippen molar-refractivity contribution in [2.45, 2.75) is 45.6 Å². The number of nitrogens with zero attached hydrogens (tertiary/aromatic N) is 1. The Morgan fingerprint density at radius 3 is 2.24 bits per heavy atom. The number of ether oxygens (including phenoxy) is 1. The standard InChI is InChI=1S/C27H32N2O5/c1-4-18(13-24(30)29-14-17(2)27(3,16-29)25(31)32)28-26(33)34-15-23-21-11-7-5-9-19(21)20-10-6-8-12-22(20)23/h5-12,17-18,23H,4,13-16H2,1-3H3,(H,28,33)(H,31,32)/t17-,18+,27-/m0/s1. The number of rotatable bonds is 7. The van der Waals surface area contributed by atoms with Gasteiger partial charge in [0.25, 0.3) is 0 Å². The van der Waals surface area contributed by atoms with Crippen LogP contribution in [0.3, 0.4) is 0 Å². The Bertz CT molecular complexity index is 1050. The third-order valence-corrected chi connectivity index (χ3v) is 7.52. The Labute approximate surface area is 200 Å². The number of fused-ring (bicyclic) bond motifs is 3. The third-order valence-electron chi connectivity index (χ3n) is 7.52. The van der Waals surface area contributed by atoms with E-state index in [0.717, 1.165) is 22.3 Å². The molecule has 3 atom stereocenters. The first-order valence-electron chi connectivity index (χ1n) is 11.9. The van der Waals surface area contributed by atoms with Crippen LogP contribution in [0.15, 0.2) is 48.5 Å². The summed E-state index contributed by atoms with van der Waals surface area (Å²) < 4.78 is 5.61. The van der Waals surface area contributed by atoms with Crippen LogP contribution in [0.1, 0.15) is 50.7 Å². The lowest BCUT2D eigenvalue weighted by molar-refractivity contribution is -0.149. The van der Waals surface area contributed by atoms with E-state index in [2.05, 4.69) is 29.6 Å². The highest BCUT2D eigenvalue weighted by Crippen LogP contribution is 2.44. The normalized spacial score (nSPS) is 22.1. The van der Waals surface area contributed by atoms with Crippen molar-refractivity contribution in [3.05, 3.63) is 59.7 Å². The molecule has 0 unspecified atom stereocenters. The summed E-state index contributed by atoms with van der Waals surface area (Å²) in [5, 5.41) is 12.4. The number of alkyl carbamates (subject to hydrolysis) is 1. The number of carbonyl (C=O) groups excluding carboxylic acids is 2. The summed E-state index contributed by atoms with van der Waals surface area (Å²) in [5.74, 6) is -1.20. The second kappa shape index (κ2) is 9.49. The Morgan fingerprint density at radius 2 is 1.71 bits per heavy atom. The monoisotopic (exact) mass is 464 g/mol. The van der Waals surface area contributed by atoms with Gasteiger partial charge in [-0.05, 0) is 41.5 Å². The Balaban J connectivity index is 1.34. The number of hydrogen-bond donors (Lipinski definition) is 2. The van der Waals surface area contributed by atoms with Crippen LogP contribution in [0.5, 0.6) is 0 Å². The third kappa shape index (κ3) is 4.39. The first kappa shape index (κ1) is 23.8. The van der Waals surface area contributed by atoms with Crippen molar-refractivity contribution in [1.29, 1.82) is 0 Å². The van der Waals surface area contributed by atoms with E-state index in [0.29, 0.717) is 13.0 Å². The molecule has 2 amide bonds. The van der Waals surface area contributed by atoms with Crippen molar-refractivity contribution < 1.29 is 24.2 Å². The molecule has 180 valence electrons. The van der Waals surface area contributed by atoms with Crippen LogP contribution in [0.25, 0.3) is 11.1 Å². The van der Waals surface area contributed by atoms with Gasteiger partial charge in [0, 0.05) is 31.5 Å². The molecule has 0 spiro atoms. The molecule has 0 bridgehead atoms. The zero-order valence-corrected chi connectivity index (χ0v) is 19.9. The number of aliphatic carboxylic acids is 1. The summed E-state index contributed by atoms with van der Waals surface area (Å²) in [7, 11) is 0. The fourth-order valence-corrected chi connectivity index (χ4v) is 5.06. The Morgan fingerprint density at radius 1 is 1.12 bits per heavy atom. The predicted molar refractivity (Wildman–Crippen MR) is 128 cm³/mol. The number of hydrogen-bond acceptors (Lipinski definition) is 4. The van der Waals surface area contributed by atoms with Crippen LogP contribution in [-0.4, -0.2) is 53.7 Å². The van der Waals surface area contributed by atoms with Crippen LogP contribution < -0.4 is 5.32 Å². The zero-order chi connectivity index (χ0) is 24.5. The van der Waals surface area contributed by atoms with Crippen LogP contribution in [0, 0.1) is 11.3 Å². The van der Waals surface area contributed by atoms with Crippen LogP contribution in [0.4, 0.5) is 4.79 Å². The summed E-state index contributed by atoms with van der Waals surface area (Å²) in [6.45, 7) is 6.24. The van der Waals surface area contributed by atoms with Gasteiger partial charge >= 0.3 is 12.1 Å². The first-order valence-corrected chi connectivity index (χ1v) is 11.9. The molecule has 34 heavy (non-hydrogen) atoms. The van der Waals surface area contributed by atoms with Crippen molar-refractivity contribution >= 4 is 18.0 Å². The van der Waals surface area contributed by atoms with E-state index in [4.69, 9.17) is 4.74 Å². The molecule has 2 aliphatic rings. The second-order valence-corrected chi connectivity index (χ2v) is 9.68. The molecule has 0 aromatic heterocycles. The van der Waals surface area contributed by atoms with Crippen molar-refractivity contribution in [3.63, 3.8) is 0 Å². The predicted octanol–water partition coefficient (Wildman–Crippen LogP) is 4.26. The lowest BCUT2D eigenvalue weighted by Gasteiger charge is -2.24. The lowest BCUT2D eigenvalue weighted by atomic mass is 9.81. The van der Waals surface area contributed by atoms with Crippen molar-refractivity contribution in [2.75, 3.05) is 19.7 Å². The largest absolute Gasteiger partial charge is 0.481 e. The molecule has 2 aromatic carbocycles. The van der Waals surface area contributed by atoms with E-state index in [1.165, 1.54) is 0 Å². The molecule has 2 N–H and O–H groups in total. The highest BCUT2D eigenvalue weighted by Gasteiger charge is 2.47. The summed E-state index contributed by atoms with van der Waals surface area (Å²) in [5.41, 5.74) is 3.67. The fraction of sp³-hybridized carbons (Fsp3) is 0.444. The highest BCUT2D eigenvalue weighted by atomic mass is 16.5. The smallest absolute Gasteiger partial charge is 0.407 e. The van der Waals surface area contributed by atoms with Gasteiger partial charge in [-0.3, -0.25) is 9.59 Å². The van der Waals surface area contributed by atoms with E-state index < -0.39 is 17.5 Å². The van der Waals surface area contributed by atoms with Crippen LogP contribution >= 0.6 is 0 Å². The number of carbonyl (C=O) groups is 3. The van der Waals surface area contributed by atoms with E-state index >= 15 is 0 Å². The van der Waals surface area contributed by atoms with Crippen molar-refractivity contribution in [2.24, 2.45) is 11.3 Å². The number of carboxylic acids is 1. The first-order chi connectivity index (χ1) is 16.2. The number of amides is 2. The quantitative estimate of drug-likeness (QED) is 0.638. The molecule has 4 rings (SSSR count). The number of carboxylic acid groups (broad SMARTS) is 1. The lowest BCUT2D eigenvalue weighted by Crippen LogP contribution is -2.41. The Kier molecular flexibility index (Phi) is 6.64. The van der Waals surface area contributed by atoms with E-state index in [9.17, 15) is 19.5 Å². The van der Waals surface area contributed by atoms with Gasteiger partial charge in [-0.15, -0.1) is 0 Å². The van der Waals surface area contributed by atoms with Gasteiger partial charge in [-0.1, -0.05) is 62.4 Å². The maximum atomic E-state index is 12.8. The van der Waals surface area contributed by atoms with Gasteiger partial charge in [0.15, 0.2) is 0 Å².